The predicted octanol–water partition coefficient (Wildman–Crippen LogP) is 3.79. The number of ether oxygens (including phenoxy) is 2. The van der Waals surface area contributed by atoms with Crippen molar-refractivity contribution in [2.45, 2.75) is 37.5 Å². The Hall–Kier alpha value is -3.52. The first-order valence-electron chi connectivity index (χ1n) is 11.1. The summed E-state index contributed by atoms with van der Waals surface area (Å²) in [5.74, 6) is 1.59. The van der Waals surface area contributed by atoms with Crippen molar-refractivity contribution in [3.05, 3.63) is 53.6 Å². The maximum atomic E-state index is 9.25. The Labute approximate surface area is 194 Å². The number of terminal acetylenes is 1. The summed E-state index contributed by atoms with van der Waals surface area (Å²) in [4.78, 5) is 11.0. The van der Waals surface area contributed by atoms with Gasteiger partial charge in [-0.1, -0.05) is 18.2 Å². The van der Waals surface area contributed by atoms with Gasteiger partial charge in [-0.3, -0.25) is 0 Å². The molecule has 0 amide bonds. The molecule has 7 heteroatoms. The largest absolute Gasteiger partial charge is 0.490 e. The van der Waals surface area contributed by atoms with Crippen molar-refractivity contribution in [1.29, 1.82) is 5.26 Å². The first-order valence-corrected chi connectivity index (χ1v) is 11.1. The molecule has 0 radical (unpaired) electrons. The van der Waals surface area contributed by atoms with Crippen molar-refractivity contribution in [2.75, 3.05) is 20.3 Å². The van der Waals surface area contributed by atoms with Crippen molar-refractivity contribution in [3.63, 3.8) is 0 Å². The summed E-state index contributed by atoms with van der Waals surface area (Å²) in [5.41, 5.74) is 8.62. The zero-order valence-electron chi connectivity index (χ0n) is 18.7. The molecule has 0 saturated carbocycles. The van der Waals surface area contributed by atoms with Crippen molar-refractivity contribution in [1.82, 2.24) is 5.06 Å². The second-order valence-electron chi connectivity index (χ2n) is 8.51. The molecule has 170 valence electrons. The summed E-state index contributed by atoms with van der Waals surface area (Å²) in [6.45, 7) is 1.62. The number of nitrogens with zero attached hydrogens (tertiary/aromatic N) is 3. The second-order valence-corrected chi connectivity index (χ2v) is 8.51. The monoisotopic (exact) mass is 444 g/mol. The number of rotatable bonds is 3. The summed E-state index contributed by atoms with van der Waals surface area (Å²) >= 11 is 0. The number of guanidine groups is 1. The van der Waals surface area contributed by atoms with Crippen LogP contribution in [0.2, 0.25) is 0 Å². The zero-order chi connectivity index (χ0) is 23.4. The maximum Gasteiger partial charge on any atom is 0.221 e. The molecular weight excluding hydrogens is 416 g/mol. The Morgan fingerprint density at radius 2 is 2.06 bits per heavy atom. The first kappa shape index (κ1) is 22.7. The summed E-state index contributed by atoms with van der Waals surface area (Å²) in [6, 6.07) is 15.8. The van der Waals surface area contributed by atoms with E-state index in [-0.39, 0.29) is 6.10 Å². The Balaban J connectivity index is 0.00000126. The molecule has 1 spiro atoms. The number of nitrogens with two attached hydrogens (primary N) is 1. The predicted molar refractivity (Wildman–Crippen MR) is 126 cm³/mol. The van der Waals surface area contributed by atoms with Crippen LogP contribution >= 0.6 is 0 Å². The van der Waals surface area contributed by atoms with Gasteiger partial charge in [0.15, 0.2) is 0 Å². The summed E-state index contributed by atoms with van der Waals surface area (Å²) in [5, 5.41) is 10.8. The van der Waals surface area contributed by atoms with Crippen LogP contribution in [0.1, 0.15) is 36.8 Å². The fourth-order valence-corrected chi connectivity index (χ4v) is 4.76. The van der Waals surface area contributed by atoms with Crippen LogP contribution < -0.4 is 10.5 Å². The van der Waals surface area contributed by atoms with Crippen LogP contribution in [0.5, 0.6) is 5.75 Å². The van der Waals surface area contributed by atoms with Crippen LogP contribution in [0, 0.1) is 30.1 Å². The molecule has 3 heterocycles. The van der Waals surface area contributed by atoms with Gasteiger partial charge in [0.25, 0.3) is 0 Å². The van der Waals surface area contributed by atoms with Crippen LogP contribution in [-0.4, -0.2) is 37.4 Å². The molecule has 0 aliphatic carbocycles. The van der Waals surface area contributed by atoms with Crippen LogP contribution in [0.3, 0.4) is 0 Å². The van der Waals surface area contributed by atoms with E-state index in [0.29, 0.717) is 23.9 Å². The highest BCUT2D eigenvalue weighted by Crippen LogP contribution is 2.48. The third-order valence-electron chi connectivity index (χ3n) is 6.28. The third-order valence-corrected chi connectivity index (χ3v) is 6.28. The van der Waals surface area contributed by atoms with Crippen LogP contribution in [0.15, 0.2) is 47.5 Å². The van der Waals surface area contributed by atoms with E-state index in [1.807, 2.05) is 36.4 Å². The van der Waals surface area contributed by atoms with Gasteiger partial charge in [0.05, 0.1) is 17.2 Å². The molecule has 0 bridgehead atoms. The van der Waals surface area contributed by atoms with Crippen molar-refractivity contribution in [2.24, 2.45) is 16.6 Å². The molecule has 2 aromatic rings. The number of nitriles is 1. The third kappa shape index (κ3) is 4.52. The molecule has 3 aliphatic rings. The van der Waals surface area contributed by atoms with Crippen LogP contribution in [0.4, 0.5) is 0 Å². The zero-order valence-corrected chi connectivity index (χ0v) is 18.7. The lowest BCUT2D eigenvalue weighted by atomic mass is 9.86. The number of hydrogen-bond donors (Lipinski definition) is 1. The van der Waals surface area contributed by atoms with Crippen LogP contribution in [0.25, 0.3) is 11.1 Å². The Kier molecular flexibility index (Phi) is 6.55. The molecule has 0 aromatic heterocycles. The minimum absolute atomic E-state index is 0.0324. The van der Waals surface area contributed by atoms with Crippen molar-refractivity contribution in [3.8, 4) is 35.8 Å². The molecule has 33 heavy (non-hydrogen) atoms. The maximum absolute atomic E-state index is 9.25. The minimum Gasteiger partial charge on any atom is -0.490 e. The molecule has 3 aliphatic heterocycles. The standard InChI is InChI=1S/C24H26N4O3.C2H2/c1-28-23(26)27-24(31-28)13-20(11-17-5-3-9-29-15-17)30-22-8-7-19(12-21(22)24)18-6-2-4-16(10-18)14-25;1-2/h2,4,6-8,10,12,17,20H,3,5,9,11,13,15H2,1H3,(H2,26,27);1-2H/t17?,20-,24?;/m1./s1. The average Bonchev–Trinajstić information content (AvgIpc) is 3.14. The summed E-state index contributed by atoms with van der Waals surface area (Å²) in [7, 11) is 1.77. The molecule has 2 unspecified atom stereocenters. The number of aliphatic imine (C=N–C) groups is 1. The number of fused-ring (bicyclic) bond motifs is 2. The second kappa shape index (κ2) is 9.54. The molecular formula is C26H28N4O3. The number of hydroxylamine groups is 2. The number of benzene rings is 2. The Morgan fingerprint density at radius 3 is 2.76 bits per heavy atom. The van der Waals surface area contributed by atoms with Crippen molar-refractivity contribution < 1.29 is 14.3 Å². The summed E-state index contributed by atoms with van der Waals surface area (Å²) < 4.78 is 12.1. The normalized spacial score (nSPS) is 25.8. The average molecular weight is 445 g/mol. The molecule has 3 atom stereocenters. The van der Waals surface area contributed by atoms with Gasteiger partial charge >= 0.3 is 0 Å². The lowest BCUT2D eigenvalue weighted by molar-refractivity contribution is -0.192. The minimum atomic E-state index is -0.907. The van der Waals surface area contributed by atoms with Crippen molar-refractivity contribution >= 4 is 5.96 Å². The van der Waals surface area contributed by atoms with E-state index in [1.54, 1.807) is 13.1 Å². The van der Waals surface area contributed by atoms with Gasteiger partial charge < -0.3 is 15.2 Å². The van der Waals surface area contributed by atoms with E-state index in [9.17, 15) is 5.26 Å². The molecule has 1 saturated heterocycles. The highest BCUT2D eigenvalue weighted by molar-refractivity contribution is 5.79. The van der Waals surface area contributed by atoms with Gasteiger partial charge in [-0.15, -0.1) is 12.8 Å². The van der Waals surface area contributed by atoms with E-state index < -0.39 is 5.72 Å². The Bertz CT molecular complexity index is 1100. The van der Waals surface area contributed by atoms with Gasteiger partial charge in [0, 0.05) is 26.7 Å². The summed E-state index contributed by atoms with van der Waals surface area (Å²) in [6.07, 6.45) is 11.7. The Morgan fingerprint density at radius 1 is 1.24 bits per heavy atom. The topological polar surface area (TPSA) is 93.1 Å². The smallest absolute Gasteiger partial charge is 0.221 e. The van der Waals surface area contributed by atoms with Gasteiger partial charge in [0.1, 0.15) is 11.9 Å². The fourth-order valence-electron chi connectivity index (χ4n) is 4.76. The van der Waals surface area contributed by atoms with E-state index >= 15 is 0 Å². The van der Waals surface area contributed by atoms with Crippen LogP contribution in [-0.2, 0) is 15.3 Å². The fraction of sp³-hybridized carbons (Fsp3) is 0.385. The van der Waals surface area contributed by atoms with Gasteiger partial charge in [-0.2, -0.15) is 5.26 Å². The SMILES string of the molecule is C#C.CN1OC2(C[C@@H](CC3CCCOC3)Oc3ccc(-c4cccc(C#N)c4)cc32)N=C1N. The first-order chi connectivity index (χ1) is 16.1. The molecule has 2 N–H and O–H groups in total. The lowest BCUT2D eigenvalue weighted by Crippen LogP contribution is -2.40. The highest BCUT2D eigenvalue weighted by atomic mass is 16.7. The highest BCUT2D eigenvalue weighted by Gasteiger charge is 2.49. The molecule has 1 fully saturated rings. The van der Waals surface area contributed by atoms with Gasteiger partial charge in [0.2, 0.25) is 11.7 Å². The van der Waals surface area contributed by atoms with Gasteiger partial charge in [-0.05, 0) is 60.6 Å². The van der Waals surface area contributed by atoms with Gasteiger partial charge in [-0.25, -0.2) is 14.9 Å². The number of hydrogen-bond acceptors (Lipinski definition) is 7. The lowest BCUT2D eigenvalue weighted by Gasteiger charge is -2.38. The molecule has 5 rings (SSSR count). The quantitative estimate of drug-likeness (QED) is 0.724. The molecule has 7 nitrogen and oxygen atoms in total. The molecule has 2 aromatic carbocycles. The van der Waals surface area contributed by atoms with E-state index in [0.717, 1.165) is 54.9 Å². The van der Waals surface area contributed by atoms with E-state index in [4.69, 9.17) is 25.0 Å². The van der Waals surface area contributed by atoms with E-state index in [1.165, 1.54) is 5.06 Å². The van der Waals surface area contributed by atoms with E-state index in [2.05, 4.69) is 18.9 Å².